The predicted molar refractivity (Wildman–Crippen MR) is 146 cm³/mol. The first kappa shape index (κ1) is 22.0. The van der Waals surface area contributed by atoms with Gasteiger partial charge in [0.15, 0.2) is 0 Å². The van der Waals surface area contributed by atoms with Gasteiger partial charge in [0.1, 0.15) is 11.2 Å². The van der Waals surface area contributed by atoms with Gasteiger partial charge in [-0.2, -0.15) is 0 Å². The molecule has 6 aromatic rings. The number of aromatic nitrogens is 1. The monoisotopic (exact) mass is 461 g/mol. The second kappa shape index (κ2) is 7.74. The van der Waals surface area contributed by atoms with Crippen LogP contribution >= 0.6 is 0 Å². The van der Waals surface area contributed by atoms with Gasteiger partial charge >= 0.3 is 7.48 Å². The maximum Gasteiger partial charge on any atom is 0.309 e. The van der Waals surface area contributed by atoms with Gasteiger partial charge in [-0.15, -0.1) is 0 Å². The number of hydrogen-bond acceptors (Lipinski definition) is 3. The Morgan fingerprint density at radius 3 is 2.03 bits per heavy atom. The van der Waals surface area contributed by atoms with Crippen molar-refractivity contribution >= 4 is 56.7 Å². The third-order valence-corrected chi connectivity index (χ3v) is 7.43. The second-order valence-electron chi connectivity index (χ2n) is 10.3. The molecule has 1 N–H and O–H groups in total. The van der Waals surface area contributed by atoms with Crippen molar-refractivity contribution < 1.29 is 14.2 Å². The Kier molecular flexibility index (Phi) is 4.86. The highest BCUT2D eigenvalue weighted by Gasteiger charge is 2.35. The van der Waals surface area contributed by atoms with Gasteiger partial charge in [-0.3, -0.25) is 0 Å². The molecule has 4 nitrogen and oxygen atoms in total. The molecule has 0 atom stereocenters. The zero-order valence-electron chi connectivity index (χ0n) is 20.5. The number of fused-ring (bicyclic) bond motifs is 6. The van der Waals surface area contributed by atoms with Gasteiger partial charge in [-0.25, -0.2) is 0 Å². The van der Waals surface area contributed by atoms with Crippen molar-refractivity contribution in [1.82, 2.24) is 4.57 Å². The Hall–Kier alpha value is -3.54. The lowest BCUT2D eigenvalue weighted by Crippen LogP contribution is -2.49. The quantitative estimate of drug-likeness (QED) is 0.310. The fourth-order valence-electron chi connectivity index (χ4n) is 4.68. The van der Waals surface area contributed by atoms with Crippen LogP contribution in [-0.2, 0) is 4.65 Å². The lowest BCUT2D eigenvalue weighted by atomic mass is 9.82. The van der Waals surface area contributed by atoms with Crippen LogP contribution in [-0.4, -0.2) is 28.4 Å². The molecule has 2 aromatic heterocycles. The van der Waals surface area contributed by atoms with E-state index in [1.165, 1.54) is 21.8 Å². The predicted octanol–water partition coefficient (Wildman–Crippen LogP) is 6.23. The number of furan rings is 1. The SMILES string of the molecule is CC(C)(O)C(C)(C)OBc1ccc2c(c1)oc1ccc(-n3c4ccccc4c4ccccc43)cc12. The third kappa shape index (κ3) is 3.54. The van der Waals surface area contributed by atoms with Crippen LogP contribution in [0.25, 0.3) is 49.4 Å². The second-order valence-corrected chi connectivity index (χ2v) is 10.3. The molecule has 0 radical (unpaired) electrons. The highest BCUT2D eigenvalue weighted by Crippen LogP contribution is 2.35. The summed E-state index contributed by atoms with van der Waals surface area (Å²) in [6, 6.07) is 29.7. The minimum atomic E-state index is -0.945. The third-order valence-electron chi connectivity index (χ3n) is 7.43. The summed E-state index contributed by atoms with van der Waals surface area (Å²) >= 11 is 0. The molecule has 174 valence electrons. The molecule has 5 heteroatoms. The Morgan fingerprint density at radius 1 is 0.714 bits per heavy atom. The normalized spacial score (nSPS) is 12.8. The molecule has 0 aliphatic rings. The molecule has 2 heterocycles. The Bertz CT molecular complexity index is 1670. The fourth-order valence-corrected chi connectivity index (χ4v) is 4.68. The molecule has 0 amide bonds. The standard InChI is InChI=1S/C30H28BNO3/c1-29(2,33)30(3,4)35-31-19-13-15-23-24-18-20(14-16-27(24)34-28(23)17-19)32-25-11-7-5-9-21(25)22-10-6-8-12-26(22)32/h5-18,31,33H,1-4H3. The Labute approximate surface area is 205 Å². The molecule has 0 aliphatic heterocycles. The molecular formula is C30H28BNO3. The number of rotatable bonds is 5. The largest absolute Gasteiger partial charge is 0.456 e. The Balaban J connectivity index is 1.44. The maximum absolute atomic E-state index is 10.4. The van der Waals surface area contributed by atoms with Crippen molar-refractivity contribution in [2.24, 2.45) is 0 Å². The summed E-state index contributed by atoms with van der Waals surface area (Å²) in [6.07, 6.45) is 0. The van der Waals surface area contributed by atoms with E-state index in [1.807, 2.05) is 19.9 Å². The van der Waals surface area contributed by atoms with Gasteiger partial charge in [0, 0.05) is 27.2 Å². The first-order chi connectivity index (χ1) is 16.7. The minimum absolute atomic E-state index is 0.399. The molecule has 6 rings (SSSR count). The molecule has 0 saturated heterocycles. The zero-order chi connectivity index (χ0) is 24.4. The van der Waals surface area contributed by atoms with E-state index in [1.54, 1.807) is 13.8 Å². The summed E-state index contributed by atoms with van der Waals surface area (Å²) in [7, 11) is 0.399. The smallest absolute Gasteiger partial charge is 0.309 e. The van der Waals surface area contributed by atoms with E-state index in [-0.39, 0.29) is 0 Å². The van der Waals surface area contributed by atoms with Crippen molar-refractivity contribution in [2.45, 2.75) is 38.9 Å². The summed E-state index contributed by atoms with van der Waals surface area (Å²) in [5.74, 6) is 0. The highest BCUT2D eigenvalue weighted by molar-refractivity contribution is 6.47. The number of aliphatic hydroxyl groups is 1. The number of para-hydroxylation sites is 2. The van der Waals surface area contributed by atoms with Crippen molar-refractivity contribution in [1.29, 1.82) is 0 Å². The zero-order valence-corrected chi connectivity index (χ0v) is 20.5. The van der Waals surface area contributed by atoms with E-state index in [0.717, 1.165) is 33.1 Å². The lowest BCUT2D eigenvalue weighted by molar-refractivity contribution is -0.0893. The van der Waals surface area contributed by atoms with Gasteiger partial charge in [-0.05, 0) is 69.6 Å². The van der Waals surface area contributed by atoms with Crippen molar-refractivity contribution in [3.05, 3.63) is 84.9 Å². The van der Waals surface area contributed by atoms with Crippen LogP contribution < -0.4 is 5.46 Å². The fraction of sp³-hybridized carbons (Fsp3) is 0.200. The van der Waals surface area contributed by atoms with Crippen LogP contribution in [0.5, 0.6) is 0 Å². The summed E-state index contributed by atoms with van der Waals surface area (Å²) in [6.45, 7) is 7.35. The van der Waals surface area contributed by atoms with Gasteiger partial charge in [0.25, 0.3) is 0 Å². The van der Waals surface area contributed by atoms with Gasteiger partial charge < -0.3 is 18.7 Å². The van der Waals surface area contributed by atoms with Crippen molar-refractivity contribution in [3.63, 3.8) is 0 Å². The van der Waals surface area contributed by atoms with E-state index in [2.05, 4.69) is 83.4 Å². The molecule has 0 fully saturated rings. The molecule has 0 spiro atoms. The van der Waals surface area contributed by atoms with Crippen molar-refractivity contribution in [3.8, 4) is 5.69 Å². The summed E-state index contributed by atoms with van der Waals surface area (Å²) in [4.78, 5) is 0. The minimum Gasteiger partial charge on any atom is -0.456 e. The van der Waals surface area contributed by atoms with E-state index in [9.17, 15) is 5.11 Å². The van der Waals surface area contributed by atoms with E-state index >= 15 is 0 Å². The first-order valence-corrected chi connectivity index (χ1v) is 12.0. The topological polar surface area (TPSA) is 47.5 Å². The van der Waals surface area contributed by atoms with Gasteiger partial charge in [-0.1, -0.05) is 48.5 Å². The van der Waals surface area contributed by atoms with Crippen LogP contribution in [0, 0.1) is 0 Å². The number of hydrogen-bond donors (Lipinski definition) is 1. The van der Waals surface area contributed by atoms with Gasteiger partial charge in [0.05, 0.1) is 22.2 Å². The number of nitrogens with zero attached hydrogens (tertiary/aromatic N) is 1. The van der Waals surface area contributed by atoms with Crippen LogP contribution in [0.15, 0.2) is 89.3 Å². The van der Waals surface area contributed by atoms with Crippen LogP contribution in [0.4, 0.5) is 0 Å². The average molecular weight is 461 g/mol. The Morgan fingerprint density at radius 2 is 1.37 bits per heavy atom. The molecular weight excluding hydrogens is 433 g/mol. The molecule has 0 bridgehead atoms. The summed E-state index contributed by atoms with van der Waals surface area (Å²) < 4.78 is 14.6. The molecule has 0 saturated carbocycles. The van der Waals surface area contributed by atoms with Crippen LogP contribution in [0.2, 0.25) is 0 Å². The van der Waals surface area contributed by atoms with Crippen LogP contribution in [0.1, 0.15) is 27.7 Å². The van der Waals surface area contributed by atoms with E-state index < -0.39 is 11.2 Å². The average Bonchev–Trinajstić information content (AvgIpc) is 3.37. The van der Waals surface area contributed by atoms with E-state index in [0.29, 0.717) is 7.48 Å². The molecule has 4 aromatic carbocycles. The molecule has 0 aliphatic carbocycles. The van der Waals surface area contributed by atoms with Crippen molar-refractivity contribution in [2.75, 3.05) is 0 Å². The first-order valence-electron chi connectivity index (χ1n) is 12.0. The molecule has 35 heavy (non-hydrogen) atoms. The number of benzene rings is 4. The summed E-state index contributed by atoms with van der Waals surface area (Å²) in [5, 5.41) is 15.0. The van der Waals surface area contributed by atoms with E-state index in [4.69, 9.17) is 9.07 Å². The molecule has 0 unspecified atom stereocenters. The summed E-state index contributed by atoms with van der Waals surface area (Å²) in [5.41, 5.74) is 4.57. The lowest BCUT2D eigenvalue weighted by Gasteiger charge is -2.37. The maximum atomic E-state index is 10.4. The highest BCUT2D eigenvalue weighted by atomic mass is 16.5. The van der Waals surface area contributed by atoms with Crippen LogP contribution in [0.3, 0.4) is 0 Å². The van der Waals surface area contributed by atoms with Gasteiger partial charge in [0.2, 0.25) is 0 Å².